The van der Waals surface area contributed by atoms with Crippen molar-refractivity contribution in [1.82, 2.24) is 24.9 Å². The van der Waals surface area contributed by atoms with E-state index in [4.69, 9.17) is 9.72 Å². The van der Waals surface area contributed by atoms with Crippen molar-refractivity contribution in [3.63, 3.8) is 0 Å². The zero-order chi connectivity index (χ0) is 22.4. The van der Waals surface area contributed by atoms with Gasteiger partial charge in [-0.05, 0) is 51.2 Å². The second kappa shape index (κ2) is 7.98. The van der Waals surface area contributed by atoms with Crippen LogP contribution in [-0.4, -0.2) is 43.2 Å². The molecule has 3 heterocycles. The number of hydrogen-bond acceptors (Lipinski definition) is 7. The number of aromatic amines is 1. The van der Waals surface area contributed by atoms with Gasteiger partial charge in [0.1, 0.15) is 17.3 Å². The molecule has 0 radical (unpaired) electrons. The first-order valence-electron chi connectivity index (χ1n) is 10.8. The zero-order valence-corrected chi connectivity index (χ0v) is 18.2. The Kier molecular flexibility index (Phi) is 5.13. The molecule has 0 aliphatic heterocycles. The monoisotopic (exact) mass is 436 g/mol. The molecule has 0 unspecified atom stereocenters. The van der Waals surface area contributed by atoms with Crippen LogP contribution in [0.5, 0.6) is 11.8 Å². The predicted molar refractivity (Wildman–Crippen MR) is 120 cm³/mol. The Hall–Kier alpha value is -3.33. The van der Waals surface area contributed by atoms with Crippen LogP contribution in [0.25, 0.3) is 21.9 Å². The fourth-order valence-corrected chi connectivity index (χ4v) is 4.53. The molecule has 5 rings (SSSR count). The van der Waals surface area contributed by atoms with Crippen LogP contribution >= 0.6 is 0 Å². The first kappa shape index (κ1) is 20.6. The largest absolute Gasteiger partial charge is 0.421 e. The minimum absolute atomic E-state index is 0.111. The van der Waals surface area contributed by atoms with E-state index in [2.05, 4.69) is 25.3 Å². The van der Waals surface area contributed by atoms with Gasteiger partial charge >= 0.3 is 6.01 Å². The first-order chi connectivity index (χ1) is 15.4. The van der Waals surface area contributed by atoms with E-state index in [1.165, 1.54) is 6.07 Å². The highest BCUT2D eigenvalue weighted by atomic mass is 19.1. The zero-order valence-electron chi connectivity index (χ0n) is 18.2. The number of H-pyrrole nitrogens is 1. The molecule has 3 N–H and O–H groups in total. The van der Waals surface area contributed by atoms with Crippen LogP contribution in [-0.2, 0) is 0 Å². The molecule has 0 saturated heterocycles. The number of aliphatic hydroxyl groups excluding tert-OH is 1. The maximum atomic E-state index is 14.8. The van der Waals surface area contributed by atoms with Gasteiger partial charge in [-0.2, -0.15) is 9.97 Å². The summed E-state index contributed by atoms with van der Waals surface area (Å²) in [4.78, 5) is 21.1. The molecule has 3 aromatic heterocycles. The molecule has 0 amide bonds. The number of aromatic nitrogens is 5. The van der Waals surface area contributed by atoms with E-state index in [-0.39, 0.29) is 23.8 Å². The maximum Gasteiger partial charge on any atom is 0.324 e. The number of aliphatic hydroxyl groups is 1. The molecule has 32 heavy (non-hydrogen) atoms. The Labute approximate surface area is 184 Å². The van der Waals surface area contributed by atoms with E-state index in [9.17, 15) is 9.50 Å². The van der Waals surface area contributed by atoms with Crippen LogP contribution in [0.3, 0.4) is 0 Å². The molecule has 1 fully saturated rings. The van der Waals surface area contributed by atoms with Gasteiger partial charge in [0.2, 0.25) is 0 Å². The fraction of sp³-hybridized carbons (Fsp3) is 0.391. The quantitative estimate of drug-likeness (QED) is 0.432. The highest BCUT2D eigenvalue weighted by molar-refractivity contribution is 6.13. The molecule has 9 heteroatoms. The van der Waals surface area contributed by atoms with Crippen LogP contribution in [0.2, 0.25) is 0 Å². The van der Waals surface area contributed by atoms with E-state index in [1.54, 1.807) is 33.3 Å². The number of ether oxygens (including phenoxy) is 1. The lowest BCUT2D eigenvalue weighted by Crippen LogP contribution is -2.18. The van der Waals surface area contributed by atoms with Gasteiger partial charge in [0, 0.05) is 23.7 Å². The summed E-state index contributed by atoms with van der Waals surface area (Å²) in [5, 5.41) is 14.6. The normalized spacial score (nSPS) is 18.9. The molecule has 8 nitrogen and oxygen atoms in total. The van der Waals surface area contributed by atoms with E-state index >= 15 is 0 Å². The molecule has 0 bridgehead atoms. The van der Waals surface area contributed by atoms with E-state index in [1.807, 2.05) is 0 Å². The minimum Gasteiger partial charge on any atom is -0.421 e. The number of aryl methyl sites for hydroxylation is 2. The summed E-state index contributed by atoms with van der Waals surface area (Å²) in [6.45, 7) is 3.57. The summed E-state index contributed by atoms with van der Waals surface area (Å²) >= 11 is 0. The lowest BCUT2D eigenvalue weighted by atomic mass is 9.84. The van der Waals surface area contributed by atoms with Gasteiger partial charge in [-0.15, -0.1) is 0 Å². The lowest BCUT2D eigenvalue weighted by Gasteiger charge is -2.25. The smallest absolute Gasteiger partial charge is 0.324 e. The third kappa shape index (κ3) is 3.52. The SMILES string of the molecule is CNc1cc(F)c(C)c2c1[nH]c1nc(Oc3cnc(C)nc3)nc(C3CCC(O)CC3)c12. The molecule has 0 spiro atoms. The van der Waals surface area contributed by atoms with Crippen molar-refractivity contribution < 1.29 is 14.2 Å². The predicted octanol–water partition coefficient (Wildman–Crippen LogP) is 4.51. The summed E-state index contributed by atoms with van der Waals surface area (Å²) in [6.07, 6.45) is 5.86. The minimum atomic E-state index is -0.290. The molecule has 1 aliphatic carbocycles. The van der Waals surface area contributed by atoms with Crippen molar-refractivity contribution >= 4 is 27.6 Å². The maximum absolute atomic E-state index is 14.8. The van der Waals surface area contributed by atoms with Crippen molar-refractivity contribution in [1.29, 1.82) is 0 Å². The highest BCUT2D eigenvalue weighted by Crippen LogP contribution is 2.41. The Morgan fingerprint density at radius 1 is 1.09 bits per heavy atom. The van der Waals surface area contributed by atoms with Crippen LogP contribution in [0.4, 0.5) is 10.1 Å². The molecular formula is C23H25FN6O2. The molecule has 4 aromatic rings. The van der Waals surface area contributed by atoms with E-state index < -0.39 is 0 Å². The number of nitrogens with one attached hydrogen (secondary N) is 2. The molecule has 1 aromatic carbocycles. The number of anilines is 1. The van der Waals surface area contributed by atoms with Crippen LogP contribution in [0.1, 0.15) is 48.7 Å². The van der Waals surface area contributed by atoms with Crippen molar-refractivity contribution in [2.75, 3.05) is 12.4 Å². The summed E-state index contributed by atoms with van der Waals surface area (Å²) in [5.41, 5.74) is 3.38. The Morgan fingerprint density at radius 2 is 1.81 bits per heavy atom. The summed E-state index contributed by atoms with van der Waals surface area (Å²) in [6, 6.07) is 1.67. The topological polar surface area (TPSA) is 109 Å². The van der Waals surface area contributed by atoms with E-state index in [0.29, 0.717) is 41.3 Å². The van der Waals surface area contributed by atoms with Crippen molar-refractivity contribution in [2.45, 2.75) is 51.6 Å². The molecule has 0 atom stereocenters. The van der Waals surface area contributed by atoms with Crippen LogP contribution in [0, 0.1) is 19.7 Å². The highest BCUT2D eigenvalue weighted by Gasteiger charge is 2.28. The Morgan fingerprint density at radius 3 is 2.50 bits per heavy atom. The van der Waals surface area contributed by atoms with Gasteiger partial charge in [-0.1, -0.05) is 0 Å². The Balaban J connectivity index is 1.73. The van der Waals surface area contributed by atoms with Crippen molar-refractivity contribution in [3.8, 4) is 11.8 Å². The van der Waals surface area contributed by atoms with Crippen molar-refractivity contribution in [3.05, 3.63) is 41.4 Å². The average molecular weight is 436 g/mol. The van der Waals surface area contributed by atoms with Gasteiger partial charge in [-0.3, -0.25) is 0 Å². The number of hydrogen-bond donors (Lipinski definition) is 3. The number of halogens is 1. The van der Waals surface area contributed by atoms with Crippen LogP contribution < -0.4 is 10.1 Å². The third-order valence-electron chi connectivity index (χ3n) is 6.25. The second-order valence-corrected chi connectivity index (χ2v) is 8.34. The first-order valence-corrected chi connectivity index (χ1v) is 10.8. The summed E-state index contributed by atoms with van der Waals surface area (Å²) < 4.78 is 20.7. The van der Waals surface area contributed by atoms with Crippen molar-refractivity contribution in [2.24, 2.45) is 0 Å². The summed E-state index contributed by atoms with van der Waals surface area (Å²) in [7, 11) is 1.76. The second-order valence-electron chi connectivity index (χ2n) is 8.34. The lowest BCUT2D eigenvalue weighted by molar-refractivity contribution is 0.122. The van der Waals surface area contributed by atoms with Gasteiger partial charge in [-0.25, -0.2) is 14.4 Å². The van der Waals surface area contributed by atoms with Gasteiger partial charge in [0.05, 0.1) is 35.4 Å². The summed E-state index contributed by atoms with van der Waals surface area (Å²) in [5.74, 6) is 0.905. The Bertz CT molecular complexity index is 1300. The molecular weight excluding hydrogens is 411 g/mol. The van der Waals surface area contributed by atoms with Gasteiger partial charge in [0.15, 0.2) is 5.75 Å². The third-order valence-corrected chi connectivity index (χ3v) is 6.25. The van der Waals surface area contributed by atoms with E-state index in [0.717, 1.165) is 34.8 Å². The number of fused-ring (bicyclic) bond motifs is 3. The van der Waals surface area contributed by atoms with Gasteiger partial charge in [0.25, 0.3) is 0 Å². The number of benzene rings is 1. The fourth-order valence-electron chi connectivity index (χ4n) is 4.53. The number of rotatable bonds is 4. The molecule has 166 valence electrons. The van der Waals surface area contributed by atoms with Crippen LogP contribution in [0.15, 0.2) is 18.5 Å². The molecule has 1 aliphatic rings. The standard InChI is InChI=1S/C23H25FN6O2/c1-11-16(24)8-17(25-3)21-18(11)19-20(13-4-6-14(31)7-5-13)29-23(30-22(19)28-21)32-15-9-26-12(2)27-10-15/h8-10,13-14,25,31H,4-7H2,1-3H3,(H,28,29,30). The number of nitrogens with zero attached hydrogens (tertiary/aromatic N) is 4. The average Bonchev–Trinajstić information content (AvgIpc) is 3.17. The molecule has 1 saturated carbocycles. The van der Waals surface area contributed by atoms with Gasteiger partial charge < -0.3 is 20.1 Å².